The van der Waals surface area contributed by atoms with Gasteiger partial charge in [-0.1, -0.05) is 17.7 Å². The van der Waals surface area contributed by atoms with Crippen molar-refractivity contribution < 1.29 is 4.79 Å². The first-order chi connectivity index (χ1) is 10.7. The van der Waals surface area contributed by atoms with Crippen LogP contribution >= 0.6 is 11.8 Å². The Morgan fingerprint density at radius 3 is 3.09 bits per heavy atom. The van der Waals surface area contributed by atoms with Gasteiger partial charge in [-0.3, -0.25) is 4.79 Å². The van der Waals surface area contributed by atoms with Crippen molar-refractivity contribution in [1.82, 2.24) is 9.88 Å². The van der Waals surface area contributed by atoms with Crippen molar-refractivity contribution in [3.05, 3.63) is 53.3 Å². The van der Waals surface area contributed by atoms with Crippen molar-refractivity contribution in [2.24, 2.45) is 0 Å². The van der Waals surface area contributed by atoms with Gasteiger partial charge in [-0.2, -0.15) is 0 Å². The third-order valence-corrected chi connectivity index (χ3v) is 5.98. The van der Waals surface area contributed by atoms with E-state index in [0.29, 0.717) is 5.91 Å². The summed E-state index contributed by atoms with van der Waals surface area (Å²) < 4.78 is 0. The first-order valence-electron chi connectivity index (χ1n) is 7.92. The summed E-state index contributed by atoms with van der Waals surface area (Å²) in [6.45, 7) is 2.99. The molecule has 1 aromatic carbocycles. The molecule has 0 radical (unpaired) electrons. The summed E-state index contributed by atoms with van der Waals surface area (Å²) in [4.78, 5) is 19.6. The molecule has 2 aliphatic heterocycles. The van der Waals surface area contributed by atoms with Crippen LogP contribution in [0.25, 0.3) is 0 Å². The zero-order chi connectivity index (χ0) is 15.1. The number of benzene rings is 1. The van der Waals surface area contributed by atoms with Crippen molar-refractivity contribution in [3.63, 3.8) is 0 Å². The van der Waals surface area contributed by atoms with Crippen molar-refractivity contribution in [3.8, 4) is 0 Å². The van der Waals surface area contributed by atoms with E-state index < -0.39 is 0 Å². The Morgan fingerprint density at radius 2 is 2.27 bits per heavy atom. The monoisotopic (exact) mass is 312 g/mol. The van der Waals surface area contributed by atoms with Crippen LogP contribution in [0.4, 0.5) is 0 Å². The van der Waals surface area contributed by atoms with Gasteiger partial charge in [-0.25, -0.2) is 0 Å². The number of likely N-dealkylation sites (tertiary alicyclic amines) is 1. The van der Waals surface area contributed by atoms with Crippen LogP contribution in [0.1, 0.15) is 35.7 Å². The second kappa shape index (κ2) is 5.51. The molecule has 0 spiro atoms. The molecule has 0 saturated carbocycles. The lowest BCUT2D eigenvalue weighted by molar-refractivity contribution is -0.131. The molecule has 3 heterocycles. The van der Waals surface area contributed by atoms with Crippen molar-refractivity contribution in [2.75, 3.05) is 6.54 Å². The molecule has 1 amide bonds. The van der Waals surface area contributed by atoms with Crippen molar-refractivity contribution >= 4 is 17.7 Å². The molecule has 1 aromatic heterocycles. The van der Waals surface area contributed by atoms with E-state index in [1.54, 1.807) is 11.8 Å². The van der Waals surface area contributed by atoms with E-state index >= 15 is 0 Å². The maximum atomic E-state index is 13.0. The molecule has 1 saturated heterocycles. The highest BCUT2D eigenvalue weighted by atomic mass is 32.2. The van der Waals surface area contributed by atoms with Gasteiger partial charge in [0.15, 0.2) is 0 Å². The quantitative estimate of drug-likeness (QED) is 0.918. The average molecular weight is 312 g/mol. The Balaban J connectivity index is 1.53. The lowest BCUT2D eigenvalue weighted by Crippen LogP contribution is -2.37. The molecule has 114 valence electrons. The number of fused-ring (bicyclic) bond motifs is 1. The molecule has 3 nitrogen and oxygen atoms in total. The summed E-state index contributed by atoms with van der Waals surface area (Å²) in [5, 5.41) is 0.0485. The molecule has 1 fully saturated rings. The van der Waals surface area contributed by atoms with E-state index in [-0.39, 0.29) is 11.3 Å². The smallest absolute Gasteiger partial charge is 0.236 e. The fourth-order valence-electron chi connectivity index (χ4n) is 3.56. The largest absolute Gasteiger partial charge is 0.363 e. The van der Waals surface area contributed by atoms with E-state index in [2.05, 4.69) is 41.1 Å². The van der Waals surface area contributed by atoms with E-state index in [1.165, 1.54) is 21.7 Å². The van der Waals surface area contributed by atoms with Gasteiger partial charge in [0.2, 0.25) is 5.91 Å². The Kier molecular flexibility index (Phi) is 3.49. The Morgan fingerprint density at radius 1 is 1.36 bits per heavy atom. The van der Waals surface area contributed by atoms with Crippen LogP contribution < -0.4 is 0 Å². The summed E-state index contributed by atoms with van der Waals surface area (Å²) in [6, 6.07) is 10.9. The number of hydrogen-bond acceptors (Lipinski definition) is 2. The number of aromatic amines is 1. The van der Waals surface area contributed by atoms with Crippen LogP contribution in [-0.4, -0.2) is 27.6 Å². The molecule has 4 rings (SSSR count). The Hall–Kier alpha value is -1.68. The molecule has 0 bridgehead atoms. The maximum absolute atomic E-state index is 13.0. The summed E-state index contributed by atoms with van der Waals surface area (Å²) in [5.41, 5.74) is 3.76. The van der Waals surface area contributed by atoms with Crippen LogP contribution in [0.5, 0.6) is 0 Å². The number of thioether (sulfide) groups is 1. The van der Waals surface area contributed by atoms with Gasteiger partial charge < -0.3 is 9.88 Å². The highest BCUT2D eigenvalue weighted by molar-refractivity contribution is 8.01. The number of hydrogen-bond donors (Lipinski definition) is 1. The molecular weight excluding hydrogens is 292 g/mol. The number of carbonyl (C=O) groups is 1. The minimum atomic E-state index is 0.0485. The van der Waals surface area contributed by atoms with E-state index in [9.17, 15) is 4.79 Å². The SMILES string of the molecule is Cc1ccc2c(c1)S[C@@H](C(=O)N1CCC[C@H]1c1ccc[nH]1)C2. The van der Waals surface area contributed by atoms with Crippen molar-refractivity contribution in [1.29, 1.82) is 0 Å². The molecule has 0 aliphatic carbocycles. The zero-order valence-corrected chi connectivity index (χ0v) is 13.5. The molecule has 4 heteroatoms. The first-order valence-corrected chi connectivity index (χ1v) is 8.80. The van der Waals surface area contributed by atoms with Gasteiger partial charge in [-0.15, -0.1) is 11.8 Å². The fourth-order valence-corrected chi connectivity index (χ4v) is 4.93. The van der Waals surface area contributed by atoms with Crippen LogP contribution in [0.15, 0.2) is 41.4 Å². The number of rotatable bonds is 2. The van der Waals surface area contributed by atoms with E-state index in [0.717, 1.165) is 25.8 Å². The Bertz CT molecular complexity index is 695. The van der Waals surface area contributed by atoms with Crippen molar-refractivity contribution in [2.45, 2.75) is 42.4 Å². The van der Waals surface area contributed by atoms with Crippen LogP contribution in [0.2, 0.25) is 0 Å². The predicted octanol–water partition coefficient (Wildman–Crippen LogP) is 3.70. The summed E-state index contributed by atoms with van der Waals surface area (Å²) in [6.07, 6.45) is 4.97. The van der Waals surface area contributed by atoms with Gasteiger partial charge in [-0.05, 0) is 49.9 Å². The number of nitrogens with one attached hydrogen (secondary N) is 1. The van der Waals surface area contributed by atoms with Crippen LogP contribution in [-0.2, 0) is 11.2 Å². The molecule has 2 aromatic rings. The first kappa shape index (κ1) is 13.9. The predicted molar refractivity (Wildman–Crippen MR) is 89.0 cm³/mol. The highest BCUT2D eigenvalue weighted by Gasteiger charge is 2.37. The minimum Gasteiger partial charge on any atom is -0.363 e. The number of aryl methyl sites for hydroxylation is 1. The normalized spacial score (nSPS) is 23.8. The maximum Gasteiger partial charge on any atom is 0.236 e. The number of amides is 1. The number of nitrogens with zero attached hydrogens (tertiary/aromatic N) is 1. The minimum absolute atomic E-state index is 0.0485. The van der Waals surface area contributed by atoms with E-state index in [1.807, 2.05) is 12.3 Å². The molecular formula is C18H20N2OS. The molecule has 2 aliphatic rings. The standard InChI is InChI=1S/C18H20N2OS/c1-12-6-7-13-11-17(22-16(13)10-12)18(21)20-9-3-5-15(20)14-4-2-8-19-14/h2,4,6-8,10,15,17,19H,3,5,9,11H2,1H3/t15-,17+/m0/s1. The molecule has 2 atom stereocenters. The lowest BCUT2D eigenvalue weighted by Gasteiger charge is -2.26. The van der Waals surface area contributed by atoms with Gasteiger partial charge >= 0.3 is 0 Å². The topological polar surface area (TPSA) is 36.1 Å². The number of H-pyrrole nitrogens is 1. The summed E-state index contributed by atoms with van der Waals surface area (Å²) in [5.74, 6) is 0.302. The zero-order valence-electron chi connectivity index (χ0n) is 12.7. The molecule has 1 N–H and O–H groups in total. The third kappa shape index (κ3) is 2.35. The third-order valence-electron chi connectivity index (χ3n) is 4.69. The second-order valence-electron chi connectivity index (χ2n) is 6.24. The Labute approximate surface area is 135 Å². The van der Waals surface area contributed by atoms with Gasteiger partial charge in [0.1, 0.15) is 0 Å². The number of aromatic nitrogens is 1. The summed E-state index contributed by atoms with van der Waals surface area (Å²) >= 11 is 1.74. The van der Waals surface area contributed by atoms with Gasteiger partial charge in [0.25, 0.3) is 0 Å². The molecule has 22 heavy (non-hydrogen) atoms. The highest BCUT2D eigenvalue weighted by Crippen LogP contribution is 2.41. The second-order valence-corrected chi connectivity index (χ2v) is 7.48. The molecule has 0 unspecified atom stereocenters. The van der Waals surface area contributed by atoms with Gasteiger partial charge in [0.05, 0.1) is 11.3 Å². The number of carbonyl (C=O) groups excluding carboxylic acids is 1. The summed E-state index contributed by atoms with van der Waals surface area (Å²) in [7, 11) is 0. The van der Waals surface area contributed by atoms with Gasteiger partial charge in [0, 0.05) is 23.3 Å². The average Bonchev–Trinajstić information content (AvgIpc) is 3.24. The van der Waals surface area contributed by atoms with Crippen LogP contribution in [0.3, 0.4) is 0 Å². The van der Waals surface area contributed by atoms with E-state index in [4.69, 9.17) is 0 Å². The van der Waals surface area contributed by atoms with Crippen LogP contribution in [0, 0.1) is 6.92 Å². The fraction of sp³-hybridized carbons (Fsp3) is 0.389. The lowest BCUT2D eigenvalue weighted by atomic mass is 10.1.